The molecule has 1 aliphatic rings. The van der Waals surface area contributed by atoms with E-state index in [0.717, 1.165) is 12.1 Å². The Morgan fingerprint density at radius 1 is 1.50 bits per heavy atom. The van der Waals surface area contributed by atoms with Crippen molar-refractivity contribution in [1.29, 1.82) is 0 Å². The molecule has 1 fully saturated rings. The highest BCUT2D eigenvalue weighted by atomic mass is 35.5. The maximum atomic E-state index is 13.5. The van der Waals surface area contributed by atoms with E-state index in [0.29, 0.717) is 6.61 Å². The van der Waals surface area contributed by atoms with Crippen LogP contribution in [0.3, 0.4) is 0 Å². The van der Waals surface area contributed by atoms with Crippen LogP contribution in [0, 0.1) is 15.9 Å². The largest absolute Gasteiger partial charge is 0.370 e. The van der Waals surface area contributed by atoms with Gasteiger partial charge in [0.1, 0.15) is 6.61 Å². The van der Waals surface area contributed by atoms with Crippen LogP contribution in [0.1, 0.15) is 0 Å². The molecule has 0 radical (unpaired) electrons. The van der Waals surface area contributed by atoms with Crippen LogP contribution in [0.25, 0.3) is 0 Å². The summed E-state index contributed by atoms with van der Waals surface area (Å²) in [5.41, 5.74) is -0.600. The third-order valence-electron chi connectivity index (χ3n) is 2.49. The molecule has 96 valence electrons. The Kier molecular flexibility index (Phi) is 3.44. The van der Waals surface area contributed by atoms with E-state index in [4.69, 9.17) is 16.3 Å². The van der Waals surface area contributed by atoms with Gasteiger partial charge in [-0.2, -0.15) is 4.39 Å². The first-order valence-electron chi connectivity index (χ1n) is 5.02. The number of nitro benzene ring substituents is 1. The molecule has 2 rings (SSSR count). The first kappa shape index (κ1) is 12.7. The Balaban J connectivity index is 2.42. The number of hydrogen-bond donors (Lipinski definition) is 0. The summed E-state index contributed by atoms with van der Waals surface area (Å²) in [6.45, 7) is 0.422. The number of nitro groups is 1. The molecule has 0 aliphatic carbocycles. The van der Waals surface area contributed by atoms with Crippen LogP contribution in [0.2, 0.25) is 5.02 Å². The molecule has 0 unspecified atom stereocenters. The number of ether oxygens (including phenoxy) is 1. The number of halogens is 2. The van der Waals surface area contributed by atoms with Crippen LogP contribution in [-0.4, -0.2) is 30.6 Å². The van der Waals surface area contributed by atoms with Crippen molar-refractivity contribution >= 4 is 28.9 Å². The van der Waals surface area contributed by atoms with Gasteiger partial charge in [0.05, 0.1) is 22.2 Å². The van der Waals surface area contributed by atoms with Crippen molar-refractivity contribution in [3.05, 3.63) is 33.1 Å². The third-order valence-corrected chi connectivity index (χ3v) is 2.79. The summed E-state index contributed by atoms with van der Waals surface area (Å²) in [5.74, 6) is -1.39. The lowest BCUT2D eigenvalue weighted by Gasteiger charge is -2.27. The smallest absolute Gasteiger partial charge is 0.306 e. The summed E-state index contributed by atoms with van der Waals surface area (Å²) >= 11 is 5.84. The van der Waals surface area contributed by atoms with Gasteiger partial charge in [0.2, 0.25) is 5.82 Å². The number of carbonyl (C=O) groups is 1. The zero-order valence-corrected chi connectivity index (χ0v) is 9.82. The van der Waals surface area contributed by atoms with E-state index >= 15 is 0 Å². The molecule has 8 heteroatoms. The van der Waals surface area contributed by atoms with Crippen LogP contribution >= 0.6 is 11.6 Å². The van der Waals surface area contributed by atoms with Crippen molar-refractivity contribution in [3.63, 3.8) is 0 Å². The van der Waals surface area contributed by atoms with Gasteiger partial charge >= 0.3 is 5.69 Å². The third kappa shape index (κ3) is 2.27. The Morgan fingerprint density at radius 2 is 2.22 bits per heavy atom. The van der Waals surface area contributed by atoms with Crippen molar-refractivity contribution < 1.29 is 18.8 Å². The Hall–Kier alpha value is -1.73. The summed E-state index contributed by atoms with van der Waals surface area (Å²) in [4.78, 5) is 22.5. The number of amides is 1. The molecule has 1 aromatic rings. The molecule has 18 heavy (non-hydrogen) atoms. The summed E-state index contributed by atoms with van der Waals surface area (Å²) in [7, 11) is 0. The second kappa shape index (κ2) is 4.87. The molecule has 0 N–H and O–H groups in total. The number of benzene rings is 1. The fourth-order valence-electron chi connectivity index (χ4n) is 1.65. The van der Waals surface area contributed by atoms with Crippen LogP contribution < -0.4 is 4.90 Å². The number of hydrogen-bond acceptors (Lipinski definition) is 4. The number of morpholine rings is 1. The number of carbonyl (C=O) groups excluding carboxylic acids is 1. The monoisotopic (exact) mass is 274 g/mol. The van der Waals surface area contributed by atoms with E-state index in [1.165, 1.54) is 4.90 Å². The van der Waals surface area contributed by atoms with Gasteiger partial charge in [0, 0.05) is 18.7 Å². The lowest BCUT2D eigenvalue weighted by Crippen LogP contribution is -2.41. The van der Waals surface area contributed by atoms with E-state index in [9.17, 15) is 19.3 Å². The van der Waals surface area contributed by atoms with Crippen LogP contribution in [0.15, 0.2) is 12.1 Å². The minimum Gasteiger partial charge on any atom is -0.370 e. The predicted molar refractivity (Wildman–Crippen MR) is 61.2 cm³/mol. The van der Waals surface area contributed by atoms with Crippen molar-refractivity contribution in [1.82, 2.24) is 0 Å². The van der Waals surface area contributed by atoms with Crippen LogP contribution in [0.4, 0.5) is 15.8 Å². The summed E-state index contributed by atoms with van der Waals surface area (Å²) < 4.78 is 18.4. The Morgan fingerprint density at radius 3 is 2.83 bits per heavy atom. The van der Waals surface area contributed by atoms with Gasteiger partial charge in [0.15, 0.2) is 0 Å². The molecule has 1 aliphatic heterocycles. The summed E-state index contributed by atoms with van der Waals surface area (Å²) in [6.07, 6.45) is 0. The molecule has 0 bridgehead atoms. The van der Waals surface area contributed by atoms with E-state index in [2.05, 4.69) is 0 Å². The first-order chi connectivity index (χ1) is 8.50. The molecule has 1 amide bonds. The van der Waals surface area contributed by atoms with Gasteiger partial charge in [0.25, 0.3) is 5.91 Å². The van der Waals surface area contributed by atoms with Gasteiger partial charge in [-0.05, 0) is 0 Å². The van der Waals surface area contributed by atoms with Gasteiger partial charge in [-0.15, -0.1) is 0 Å². The average molecular weight is 275 g/mol. The maximum Gasteiger partial charge on any atom is 0.306 e. The molecular formula is C10H8ClFN2O4. The topological polar surface area (TPSA) is 72.7 Å². The summed E-state index contributed by atoms with van der Waals surface area (Å²) in [6, 6.07) is 1.79. The zero-order chi connectivity index (χ0) is 13.3. The van der Waals surface area contributed by atoms with Gasteiger partial charge in [-0.1, -0.05) is 11.6 Å². The number of nitrogens with zero attached hydrogens (tertiary/aromatic N) is 2. The van der Waals surface area contributed by atoms with Crippen molar-refractivity contribution in [2.75, 3.05) is 24.7 Å². The zero-order valence-electron chi connectivity index (χ0n) is 9.06. The molecule has 0 atom stereocenters. The van der Waals surface area contributed by atoms with E-state index < -0.39 is 16.4 Å². The van der Waals surface area contributed by atoms with E-state index in [1.54, 1.807) is 0 Å². The SMILES string of the molecule is O=C1COCCN1c1cc(F)c([N+](=O)[O-])cc1Cl. The van der Waals surface area contributed by atoms with Crippen LogP contribution in [0.5, 0.6) is 0 Å². The van der Waals surface area contributed by atoms with Gasteiger partial charge < -0.3 is 9.64 Å². The fourth-order valence-corrected chi connectivity index (χ4v) is 1.91. The second-order valence-corrected chi connectivity index (χ2v) is 4.02. The Labute approximate surface area is 106 Å². The molecule has 1 aromatic carbocycles. The Bertz CT molecular complexity index is 523. The fraction of sp³-hybridized carbons (Fsp3) is 0.300. The average Bonchev–Trinajstić information content (AvgIpc) is 2.32. The lowest BCUT2D eigenvalue weighted by atomic mass is 10.2. The molecule has 0 aromatic heterocycles. The first-order valence-corrected chi connectivity index (χ1v) is 5.40. The normalized spacial score (nSPS) is 15.9. The van der Waals surface area contributed by atoms with E-state index in [-0.39, 0.29) is 29.8 Å². The number of rotatable bonds is 2. The minimum absolute atomic E-state index is 0.0432. The molecule has 0 spiro atoms. The van der Waals surface area contributed by atoms with Crippen molar-refractivity contribution in [2.24, 2.45) is 0 Å². The molecule has 0 saturated carbocycles. The van der Waals surface area contributed by atoms with Crippen molar-refractivity contribution in [2.45, 2.75) is 0 Å². The highest BCUT2D eigenvalue weighted by Crippen LogP contribution is 2.32. The standard InChI is InChI=1S/C10H8ClFN2O4/c11-6-3-9(14(16)17)7(12)4-8(6)13-1-2-18-5-10(13)15/h3-4H,1-2,5H2. The highest BCUT2D eigenvalue weighted by molar-refractivity contribution is 6.34. The van der Waals surface area contributed by atoms with Crippen molar-refractivity contribution in [3.8, 4) is 0 Å². The van der Waals surface area contributed by atoms with E-state index in [1.807, 2.05) is 0 Å². The predicted octanol–water partition coefficient (Wildman–Crippen LogP) is 1.75. The van der Waals surface area contributed by atoms with Gasteiger partial charge in [-0.3, -0.25) is 14.9 Å². The minimum atomic E-state index is -1.03. The molecule has 1 heterocycles. The second-order valence-electron chi connectivity index (χ2n) is 3.61. The maximum absolute atomic E-state index is 13.5. The molecular weight excluding hydrogens is 267 g/mol. The van der Waals surface area contributed by atoms with Crippen LogP contribution in [-0.2, 0) is 9.53 Å². The molecule has 6 nitrogen and oxygen atoms in total. The van der Waals surface area contributed by atoms with Gasteiger partial charge in [-0.25, -0.2) is 0 Å². The summed E-state index contributed by atoms with van der Waals surface area (Å²) in [5, 5.41) is 10.5. The molecule has 1 saturated heterocycles. The number of anilines is 1. The highest BCUT2D eigenvalue weighted by Gasteiger charge is 2.26. The quantitative estimate of drug-likeness (QED) is 0.608. The lowest BCUT2D eigenvalue weighted by molar-refractivity contribution is -0.387.